The number of piperidine rings is 1. The lowest BCUT2D eigenvalue weighted by atomic mass is 9.94. The Bertz CT molecular complexity index is 926. The van der Waals surface area contributed by atoms with Crippen molar-refractivity contribution in [2.24, 2.45) is 5.92 Å². The number of para-hydroxylation sites is 1. The molecule has 0 aliphatic carbocycles. The number of pyridine rings is 1. The highest BCUT2D eigenvalue weighted by Gasteiger charge is 2.41. The summed E-state index contributed by atoms with van der Waals surface area (Å²) in [5.74, 6) is -0.212. The molecular formula is C19H24N2O4S. The summed E-state index contributed by atoms with van der Waals surface area (Å²) < 4.78 is 33.2. The van der Waals surface area contributed by atoms with Crippen molar-refractivity contribution in [1.82, 2.24) is 9.29 Å². The van der Waals surface area contributed by atoms with Crippen LogP contribution < -0.4 is 0 Å². The van der Waals surface area contributed by atoms with Gasteiger partial charge in [0.05, 0.1) is 12.1 Å². The van der Waals surface area contributed by atoms with E-state index >= 15 is 0 Å². The van der Waals surface area contributed by atoms with E-state index < -0.39 is 22.0 Å². The van der Waals surface area contributed by atoms with Gasteiger partial charge in [-0.1, -0.05) is 19.1 Å². The van der Waals surface area contributed by atoms with E-state index in [2.05, 4.69) is 4.98 Å². The predicted molar refractivity (Wildman–Crippen MR) is 99.2 cm³/mol. The van der Waals surface area contributed by atoms with E-state index in [9.17, 15) is 13.2 Å². The van der Waals surface area contributed by atoms with E-state index in [1.165, 1.54) is 4.31 Å². The predicted octanol–water partition coefficient (Wildman–Crippen LogP) is 2.90. The van der Waals surface area contributed by atoms with Gasteiger partial charge in [-0.2, -0.15) is 4.31 Å². The van der Waals surface area contributed by atoms with Crippen LogP contribution in [0.3, 0.4) is 0 Å². The van der Waals surface area contributed by atoms with Crippen LogP contribution in [-0.2, 0) is 19.6 Å². The molecule has 7 heteroatoms. The fraction of sp³-hybridized carbons (Fsp3) is 0.474. The molecule has 2 aromatic rings. The molecule has 1 saturated heterocycles. The standard InChI is InChI=1S/C19H24N2O4S/c1-4-25-19(22)16-11-13(2)8-9-21(16)26(23,24)17-7-5-6-15-10-14(3)12-20-18(15)17/h5-7,10,12-13,16H,4,8-9,11H2,1-3H3/t13-,16-/m1/s1. The molecule has 3 rings (SSSR count). The lowest BCUT2D eigenvalue weighted by Gasteiger charge is -2.35. The van der Waals surface area contributed by atoms with Crippen molar-refractivity contribution in [3.63, 3.8) is 0 Å². The minimum atomic E-state index is -3.87. The minimum Gasteiger partial charge on any atom is -0.465 e. The van der Waals surface area contributed by atoms with Gasteiger partial charge in [0.2, 0.25) is 10.0 Å². The van der Waals surface area contributed by atoms with Crippen LogP contribution in [0.1, 0.15) is 32.3 Å². The third-order valence-electron chi connectivity index (χ3n) is 4.77. The van der Waals surface area contributed by atoms with Gasteiger partial charge in [0.1, 0.15) is 10.9 Å². The Kier molecular flexibility index (Phi) is 5.29. The van der Waals surface area contributed by atoms with Gasteiger partial charge in [-0.15, -0.1) is 0 Å². The van der Waals surface area contributed by atoms with Crippen molar-refractivity contribution >= 4 is 26.9 Å². The van der Waals surface area contributed by atoms with Gasteiger partial charge in [0.25, 0.3) is 0 Å². The third-order valence-corrected chi connectivity index (χ3v) is 6.71. The number of sulfonamides is 1. The Morgan fingerprint density at radius 3 is 2.88 bits per heavy atom. The highest BCUT2D eigenvalue weighted by atomic mass is 32.2. The smallest absolute Gasteiger partial charge is 0.324 e. The first-order chi connectivity index (χ1) is 12.3. The number of nitrogens with zero attached hydrogens (tertiary/aromatic N) is 2. The fourth-order valence-electron chi connectivity index (χ4n) is 3.44. The van der Waals surface area contributed by atoms with E-state index in [1.807, 2.05) is 26.0 Å². The molecule has 0 unspecified atom stereocenters. The molecule has 0 amide bonds. The summed E-state index contributed by atoms with van der Waals surface area (Å²) in [5.41, 5.74) is 1.39. The molecule has 0 N–H and O–H groups in total. The molecule has 0 saturated carbocycles. The molecule has 26 heavy (non-hydrogen) atoms. The van der Waals surface area contributed by atoms with E-state index in [-0.39, 0.29) is 17.4 Å². The summed E-state index contributed by atoms with van der Waals surface area (Å²) in [5, 5.41) is 0.768. The maximum absolute atomic E-state index is 13.4. The summed E-state index contributed by atoms with van der Waals surface area (Å²) in [6, 6.07) is 6.23. The van der Waals surface area contributed by atoms with Gasteiger partial charge >= 0.3 is 5.97 Å². The first-order valence-corrected chi connectivity index (χ1v) is 10.3. The minimum absolute atomic E-state index is 0.138. The summed E-state index contributed by atoms with van der Waals surface area (Å²) in [6.07, 6.45) is 2.84. The molecule has 1 aliphatic rings. The maximum atomic E-state index is 13.4. The number of benzene rings is 1. The van der Waals surface area contributed by atoms with Crippen LogP contribution in [-0.4, -0.2) is 42.9 Å². The van der Waals surface area contributed by atoms with Gasteiger partial charge in [0, 0.05) is 18.1 Å². The topological polar surface area (TPSA) is 76.6 Å². The van der Waals surface area contributed by atoms with Gasteiger partial charge in [-0.05, 0) is 50.3 Å². The van der Waals surface area contributed by atoms with Crippen LogP contribution in [0.2, 0.25) is 0 Å². The second kappa shape index (κ2) is 7.32. The van der Waals surface area contributed by atoms with Crippen molar-refractivity contribution in [3.8, 4) is 0 Å². The molecule has 2 atom stereocenters. The molecular weight excluding hydrogens is 352 g/mol. The zero-order valence-electron chi connectivity index (χ0n) is 15.3. The van der Waals surface area contributed by atoms with Crippen LogP contribution >= 0.6 is 0 Å². The van der Waals surface area contributed by atoms with Gasteiger partial charge < -0.3 is 4.74 Å². The summed E-state index contributed by atoms with van der Waals surface area (Å²) >= 11 is 0. The molecule has 2 heterocycles. The number of aromatic nitrogens is 1. The molecule has 0 radical (unpaired) electrons. The van der Waals surface area contributed by atoms with Crippen LogP contribution in [0.4, 0.5) is 0 Å². The summed E-state index contributed by atoms with van der Waals surface area (Å²) in [6.45, 7) is 6.19. The zero-order chi connectivity index (χ0) is 18.9. The van der Waals surface area contributed by atoms with E-state index in [0.717, 1.165) is 10.9 Å². The first-order valence-electron chi connectivity index (χ1n) is 8.88. The molecule has 140 valence electrons. The molecule has 6 nitrogen and oxygen atoms in total. The van der Waals surface area contributed by atoms with Gasteiger partial charge in [0.15, 0.2) is 0 Å². The first kappa shape index (κ1) is 18.8. The Morgan fingerprint density at radius 1 is 1.38 bits per heavy atom. The number of rotatable bonds is 4. The van der Waals surface area contributed by atoms with Gasteiger partial charge in [-0.3, -0.25) is 9.78 Å². The van der Waals surface area contributed by atoms with E-state index in [0.29, 0.717) is 24.9 Å². The monoisotopic (exact) mass is 376 g/mol. The normalized spacial score (nSPS) is 21.7. The molecule has 0 spiro atoms. The SMILES string of the molecule is CCOC(=O)[C@H]1C[C@H](C)CCN1S(=O)(=O)c1cccc2cc(C)cnc12. The lowest BCUT2D eigenvalue weighted by molar-refractivity contribution is -0.149. The maximum Gasteiger partial charge on any atom is 0.324 e. The number of fused-ring (bicyclic) bond motifs is 1. The average molecular weight is 376 g/mol. The molecule has 1 fully saturated rings. The number of ether oxygens (including phenoxy) is 1. The van der Waals surface area contributed by atoms with E-state index in [4.69, 9.17) is 4.74 Å². The van der Waals surface area contributed by atoms with Crippen LogP contribution in [0.15, 0.2) is 35.4 Å². The number of carbonyl (C=O) groups excluding carboxylic acids is 1. The Hall–Kier alpha value is -1.99. The van der Waals surface area contributed by atoms with Gasteiger partial charge in [-0.25, -0.2) is 8.42 Å². The summed E-state index contributed by atoms with van der Waals surface area (Å²) in [7, 11) is -3.87. The van der Waals surface area contributed by atoms with Crippen LogP contribution in [0.5, 0.6) is 0 Å². The van der Waals surface area contributed by atoms with Crippen molar-refractivity contribution in [2.45, 2.75) is 44.6 Å². The number of esters is 1. The summed E-state index contributed by atoms with van der Waals surface area (Å²) in [4.78, 5) is 16.9. The second-order valence-electron chi connectivity index (χ2n) is 6.85. The number of carbonyl (C=O) groups is 1. The highest BCUT2D eigenvalue weighted by molar-refractivity contribution is 7.89. The molecule has 1 aromatic carbocycles. The van der Waals surface area contributed by atoms with Crippen molar-refractivity contribution in [2.75, 3.05) is 13.2 Å². The number of aryl methyl sites for hydroxylation is 1. The third kappa shape index (κ3) is 3.46. The van der Waals surface area contributed by atoms with Crippen LogP contribution in [0, 0.1) is 12.8 Å². The highest BCUT2D eigenvalue weighted by Crippen LogP contribution is 2.31. The van der Waals surface area contributed by atoms with Crippen LogP contribution in [0.25, 0.3) is 10.9 Å². The van der Waals surface area contributed by atoms with Crippen molar-refractivity contribution in [3.05, 3.63) is 36.0 Å². The Labute approximate surface area is 154 Å². The zero-order valence-corrected chi connectivity index (χ0v) is 16.1. The van der Waals surface area contributed by atoms with Crippen molar-refractivity contribution in [1.29, 1.82) is 0 Å². The Balaban J connectivity index is 2.07. The largest absolute Gasteiger partial charge is 0.465 e. The molecule has 1 aromatic heterocycles. The molecule has 1 aliphatic heterocycles. The number of hydrogen-bond donors (Lipinski definition) is 0. The second-order valence-corrected chi connectivity index (χ2v) is 8.71. The average Bonchev–Trinajstić information content (AvgIpc) is 2.60. The quantitative estimate of drug-likeness (QED) is 0.767. The van der Waals surface area contributed by atoms with Crippen molar-refractivity contribution < 1.29 is 17.9 Å². The Morgan fingerprint density at radius 2 is 2.15 bits per heavy atom. The lowest BCUT2D eigenvalue weighted by Crippen LogP contribution is -2.50. The number of hydrogen-bond acceptors (Lipinski definition) is 5. The molecule has 0 bridgehead atoms. The van der Waals surface area contributed by atoms with E-state index in [1.54, 1.807) is 25.3 Å². The fourth-order valence-corrected chi connectivity index (χ4v) is 5.21.